The number of thioether (sulfide) groups is 1. The van der Waals surface area contributed by atoms with Crippen molar-refractivity contribution in [2.24, 2.45) is 7.05 Å². The zero-order valence-corrected chi connectivity index (χ0v) is 11.2. The van der Waals surface area contributed by atoms with Gasteiger partial charge >= 0.3 is 0 Å². The molecular weight excluding hydrogens is 250 g/mol. The number of carbonyl (C=O) groups is 1. The monoisotopic (exact) mass is 267 g/mol. The van der Waals surface area contributed by atoms with Crippen LogP contribution < -0.4 is 5.73 Å². The molecule has 18 heavy (non-hydrogen) atoms. The summed E-state index contributed by atoms with van der Waals surface area (Å²) in [6, 6.07) is 0. The van der Waals surface area contributed by atoms with Crippen molar-refractivity contribution in [3.05, 3.63) is 25.3 Å². The van der Waals surface area contributed by atoms with Crippen LogP contribution in [0.25, 0.3) is 0 Å². The largest absolute Gasteiger partial charge is 0.368 e. The number of aromatic nitrogens is 3. The van der Waals surface area contributed by atoms with E-state index in [1.54, 1.807) is 28.7 Å². The maximum absolute atomic E-state index is 11.9. The molecule has 1 aromatic rings. The van der Waals surface area contributed by atoms with Crippen molar-refractivity contribution in [1.29, 1.82) is 0 Å². The number of anilines is 1. The van der Waals surface area contributed by atoms with Crippen LogP contribution in [0.3, 0.4) is 0 Å². The number of hydrogen-bond acceptors (Lipinski definition) is 5. The lowest BCUT2D eigenvalue weighted by molar-refractivity contribution is -0.127. The first kappa shape index (κ1) is 14.3. The summed E-state index contributed by atoms with van der Waals surface area (Å²) in [6.45, 7) is 8.26. The van der Waals surface area contributed by atoms with Crippen molar-refractivity contribution in [3.8, 4) is 0 Å². The fraction of sp³-hybridized carbons (Fsp3) is 0.364. The zero-order chi connectivity index (χ0) is 13.5. The molecule has 0 aliphatic heterocycles. The maximum atomic E-state index is 11.9. The van der Waals surface area contributed by atoms with Crippen molar-refractivity contribution in [3.63, 3.8) is 0 Å². The zero-order valence-electron chi connectivity index (χ0n) is 10.4. The van der Waals surface area contributed by atoms with Crippen molar-refractivity contribution in [1.82, 2.24) is 19.7 Å². The van der Waals surface area contributed by atoms with Gasteiger partial charge in [0.1, 0.15) is 0 Å². The third-order valence-corrected chi connectivity index (χ3v) is 3.25. The Balaban J connectivity index is 2.56. The number of amides is 1. The van der Waals surface area contributed by atoms with Crippen LogP contribution in [0.1, 0.15) is 0 Å². The first-order valence-corrected chi connectivity index (χ1v) is 6.36. The van der Waals surface area contributed by atoms with Crippen molar-refractivity contribution >= 4 is 23.6 Å². The van der Waals surface area contributed by atoms with Crippen LogP contribution in [0.15, 0.2) is 30.5 Å². The molecule has 0 aliphatic rings. The van der Waals surface area contributed by atoms with Crippen LogP contribution in [0.2, 0.25) is 0 Å². The molecule has 1 heterocycles. The lowest BCUT2D eigenvalue weighted by Gasteiger charge is -2.18. The summed E-state index contributed by atoms with van der Waals surface area (Å²) in [5, 5.41) is 8.23. The standard InChI is InChI=1S/C11H17N5OS/c1-4-6-16(7-5-2)9(17)8-18-11-14-13-10(12)15(11)3/h4-5H,1-2,6-8H2,3H3,(H2,12,13). The number of nitrogens with zero attached hydrogens (tertiary/aromatic N) is 4. The van der Waals surface area contributed by atoms with Crippen LogP contribution >= 0.6 is 11.8 Å². The normalized spacial score (nSPS) is 10.1. The fourth-order valence-electron chi connectivity index (χ4n) is 1.26. The smallest absolute Gasteiger partial charge is 0.233 e. The summed E-state index contributed by atoms with van der Waals surface area (Å²) in [4.78, 5) is 13.6. The molecule has 1 rings (SSSR count). The molecule has 0 aromatic carbocycles. The molecule has 0 aliphatic carbocycles. The average molecular weight is 267 g/mol. The predicted molar refractivity (Wildman–Crippen MR) is 73.1 cm³/mol. The molecule has 1 aromatic heterocycles. The number of hydrogen-bond donors (Lipinski definition) is 1. The van der Waals surface area contributed by atoms with Gasteiger partial charge in [0.15, 0.2) is 5.16 Å². The van der Waals surface area contributed by atoms with E-state index in [4.69, 9.17) is 5.73 Å². The van der Waals surface area contributed by atoms with Gasteiger partial charge in [-0.2, -0.15) is 0 Å². The topological polar surface area (TPSA) is 77.0 Å². The van der Waals surface area contributed by atoms with Crippen molar-refractivity contribution in [2.45, 2.75) is 5.16 Å². The number of nitrogen functional groups attached to an aromatic ring is 1. The summed E-state index contributed by atoms with van der Waals surface area (Å²) in [7, 11) is 1.76. The van der Waals surface area contributed by atoms with E-state index in [1.807, 2.05) is 0 Å². The summed E-state index contributed by atoms with van der Waals surface area (Å²) in [5.74, 6) is 0.619. The van der Waals surface area contributed by atoms with Gasteiger partial charge in [0.05, 0.1) is 5.75 Å². The van der Waals surface area contributed by atoms with Gasteiger partial charge in [0, 0.05) is 20.1 Å². The molecule has 2 N–H and O–H groups in total. The minimum absolute atomic E-state index is 0.00127. The van der Waals surface area contributed by atoms with Crippen LogP contribution in [0, 0.1) is 0 Å². The van der Waals surface area contributed by atoms with E-state index in [2.05, 4.69) is 23.4 Å². The second-order valence-corrected chi connectivity index (χ2v) is 4.51. The van der Waals surface area contributed by atoms with Gasteiger partial charge in [-0.25, -0.2) is 0 Å². The van der Waals surface area contributed by atoms with Crippen LogP contribution in [-0.4, -0.2) is 44.4 Å². The highest BCUT2D eigenvalue weighted by Gasteiger charge is 2.13. The van der Waals surface area contributed by atoms with E-state index in [0.29, 0.717) is 24.2 Å². The molecule has 6 nitrogen and oxygen atoms in total. The van der Waals surface area contributed by atoms with Crippen LogP contribution in [-0.2, 0) is 11.8 Å². The van der Waals surface area contributed by atoms with E-state index in [-0.39, 0.29) is 11.7 Å². The van der Waals surface area contributed by atoms with Crippen LogP contribution in [0.5, 0.6) is 0 Å². The first-order valence-electron chi connectivity index (χ1n) is 5.37. The van der Waals surface area contributed by atoms with Crippen LogP contribution in [0.4, 0.5) is 5.95 Å². The predicted octanol–water partition coefficient (Wildman–Crippen LogP) is 0.690. The average Bonchev–Trinajstić information content (AvgIpc) is 2.67. The summed E-state index contributed by atoms with van der Waals surface area (Å²) in [5.41, 5.74) is 5.56. The molecule has 0 saturated heterocycles. The molecule has 0 fully saturated rings. The van der Waals surface area contributed by atoms with E-state index in [9.17, 15) is 4.79 Å². The number of nitrogens with two attached hydrogens (primary N) is 1. The summed E-state index contributed by atoms with van der Waals surface area (Å²) >= 11 is 1.31. The van der Waals surface area contributed by atoms with Gasteiger partial charge in [0.25, 0.3) is 0 Å². The summed E-state index contributed by atoms with van der Waals surface area (Å²) in [6.07, 6.45) is 3.37. The Morgan fingerprint density at radius 1 is 1.44 bits per heavy atom. The second-order valence-electron chi connectivity index (χ2n) is 3.56. The lowest BCUT2D eigenvalue weighted by Crippen LogP contribution is -2.32. The highest BCUT2D eigenvalue weighted by Crippen LogP contribution is 2.16. The van der Waals surface area contributed by atoms with E-state index in [0.717, 1.165) is 0 Å². The molecule has 0 unspecified atom stereocenters. The molecule has 0 radical (unpaired) electrons. The van der Waals surface area contributed by atoms with E-state index < -0.39 is 0 Å². The highest BCUT2D eigenvalue weighted by molar-refractivity contribution is 7.99. The molecule has 7 heteroatoms. The minimum atomic E-state index is 0.00127. The van der Waals surface area contributed by atoms with Crippen molar-refractivity contribution < 1.29 is 4.79 Å². The Kier molecular flexibility index (Phi) is 5.44. The fourth-order valence-corrected chi connectivity index (χ4v) is 2.08. The molecule has 0 atom stereocenters. The van der Waals surface area contributed by atoms with E-state index in [1.165, 1.54) is 11.8 Å². The molecule has 0 bridgehead atoms. The molecule has 0 saturated carbocycles. The molecule has 98 valence electrons. The Bertz CT molecular complexity index is 433. The maximum Gasteiger partial charge on any atom is 0.233 e. The van der Waals surface area contributed by atoms with Gasteiger partial charge in [0.2, 0.25) is 11.9 Å². The number of carbonyl (C=O) groups excluding carboxylic acids is 1. The third-order valence-electron chi connectivity index (χ3n) is 2.25. The third kappa shape index (κ3) is 3.63. The van der Waals surface area contributed by atoms with Gasteiger partial charge in [-0.05, 0) is 0 Å². The first-order chi connectivity index (χ1) is 8.60. The number of rotatable bonds is 7. The van der Waals surface area contributed by atoms with Crippen molar-refractivity contribution in [2.75, 3.05) is 24.6 Å². The lowest BCUT2D eigenvalue weighted by atomic mass is 10.4. The molecular formula is C11H17N5OS. The summed E-state index contributed by atoms with van der Waals surface area (Å²) < 4.78 is 1.64. The minimum Gasteiger partial charge on any atom is -0.368 e. The molecule has 0 spiro atoms. The quantitative estimate of drug-likeness (QED) is 0.581. The Hall–Kier alpha value is -1.76. The highest BCUT2D eigenvalue weighted by atomic mass is 32.2. The van der Waals surface area contributed by atoms with E-state index >= 15 is 0 Å². The van der Waals surface area contributed by atoms with Gasteiger partial charge in [-0.3, -0.25) is 9.36 Å². The van der Waals surface area contributed by atoms with Gasteiger partial charge in [-0.1, -0.05) is 23.9 Å². The Labute approximate surface area is 111 Å². The second kappa shape index (κ2) is 6.85. The Morgan fingerprint density at radius 2 is 2.06 bits per heavy atom. The SMILES string of the molecule is C=CCN(CC=C)C(=O)CSc1nnc(N)n1C. The molecule has 1 amide bonds. The van der Waals surface area contributed by atoms with Gasteiger partial charge < -0.3 is 10.6 Å². The van der Waals surface area contributed by atoms with Gasteiger partial charge in [-0.15, -0.1) is 23.4 Å². The Morgan fingerprint density at radius 3 is 2.50 bits per heavy atom.